The molecule has 1 aliphatic carbocycles. The van der Waals surface area contributed by atoms with Crippen LogP contribution in [0.4, 0.5) is 5.00 Å². The summed E-state index contributed by atoms with van der Waals surface area (Å²) in [7, 11) is 7.52. The van der Waals surface area contributed by atoms with Gasteiger partial charge in [0.1, 0.15) is 10.8 Å². The monoisotopic (exact) mass is 609 g/mol. The van der Waals surface area contributed by atoms with Gasteiger partial charge in [0.25, 0.3) is 5.91 Å². The Morgan fingerprint density at radius 2 is 1.84 bits per heavy atom. The lowest BCUT2D eigenvalue weighted by Crippen LogP contribution is -2.53. The van der Waals surface area contributed by atoms with Gasteiger partial charge >= 0.3 is 0 Å². The molecular weight excluding hydrogens is 562 g/mol. The topological polar surface area (TPSA) is 92.1 Å². The first-order valence-corrected chi connectivity index (χ1v) is 16.1. The second-order valence-electron chi connectivity index (χ2n) is 12.0. The average Bonchev–Trinajstić information content (AvgIpc) is 3.38. The number of guanidine groups is 1. The first-order chi connectivity index (χ1) is 20.6. The maximum absolute atomic E-state index is 13.5. The highest BCUT2D eigenvalue weighted by atomic mass is 32.1. The first kappa shape index (κ1) is 31.4. The number of aryl methyl sites for hydroxylation is 1. The molecule has 4 heterocycles. The Bertz CT molecular complexity index is 1330. The fourth-order valence-corrected chi connectivity index (χ4v) is 7.31. The zero-order chi connectivity index (χ0) is 30.8. The van der Waals surface area contributed by atoms with Crippen LogP contribution in [0, 0.1) is 6.92 Å². The van der Waals surface area contributed by atoms with Crippen molar-refractivity contribution in [2.75, 3.05) is 72.4 Å². The fourth-order valence-electron chi connectivity index (χ4n) is 6.44. The number of piperazine rings is 1. The van der Waals surface area contributed by atoms with E-state index in [4.69, 9.17) is 9.73 Å². The molecule has 11 nitrogen and oxygen atoms in total. The number of aromatic nitrogens is 1. The van der Waals surface area contributed by atoms with Crippen molar-refractivity contribution < 1.29 is 9.53 Å². The zero-order valence-electron chi connectivity index (χ0n) is 26.8. The number of methoxy groups -OCH3 is 1. The molecular formula is C31H47N9O2S. The lowest BCUT2D eigenvalue weighted by atomic mass is 9.97. The van der Waals surface area contributed by atoms with E-state index in [1.165, 1.54) is 50.4 Å². The number of nitrogens with zero attached hydrogens (tertiary/aromatic N) is 8. The first-order valence-electron chi connectivity index (χ1n) is 15.3. The minimum absolute atomic E-state index is 0.117. The van der Waals surface area contributed by atoms with E-state index in [0.29, 0.717) is 35.3 Å². The lowest BCUT2D eigenvalue weighted by molar-refractivity contribution is 0.0599. The molecule has 0 radical (unpaired) electrons. The highest BCUT2D eigenvalue weighted by Crippen LogP contribution is 2.34. The van der Waals surface area contributed by atoms with Crippen LogP contribution in [0.1, 0.15) is 48.6 Å². The number of hydrogen-bond donors (Lipinski definition) is 1. The molecule has 1 N–H and O–H groups in total. The van der Waals surface area contributed by atoms with Crippen LogP contribution in [0.15, 0.2) is 45.9 Å². The van der Waals surface area contributed by atoms with E-state index >= 15 is 0 Å². The molecule has 5 rings (SSSR count). The number of piperidine rings is 1. The minimum atomic E-state index is -0.169. The number of fused-ring (bicyclic) bond motifs is 1. The predicted octanol–water partition coefficient (Wildman–Crippen LogP) is 3.14. The summed E-state index contributed by atoms with van der Waals surface area (Å²) in [5.74, 6) is 1.56. The molecule has 3 aliphatic heterocycles. The van der Waals surface area contributed by atoms with E-state index in [0.717, 1.165) is 41.0 Å². The van der Waals surface area contributed by atoms with Crippen LogP contribution in [0.2, 0.25) is 0 Å². The Morgan fingerprint density at radius 3 is 2.47 bits per heavy atom. The molecule has 4 aliphatic rings. The number of hydrogen-bond acceptors (Lipinski definition) is 8. The molecule has 0 spiro atoms. The van der Waals surface area contributed by atoms with Crippen molar-refractivity contribution in [3.63, 3.8) is 0 Å². The number of carbonyl (C=O) groups excluding carboxylic acids is 1. The summed E-state index contributed by atoms with van der Waals surface area (Å²) in [6, 6.07) is 0.876. The van der Waals surface area contributed by atoms with Gasteiger partial charge in [-0.15, -0.1) is 11.3 Å². The highest BCUT2D eigenvalue weighted by Gasteiger charge is 2.36. The molecule has 0 saturated carbocycles. The molecule has 1 aromatic rings. The number of aliphatic imine (C=N–C) groups is 2. The van der Waals surface area contributed by atoms with E-state index in [-0.39, 0.29) is 11.9 Å². The Morgan fingerprint density at radius 1 is 1.14 bits per heavy atom. The summed E-state index contributed by atoms with van der Waals surface area (Å²) in [6.45, 7) is 17.0. The Kier molecular flexibility index (Phi) is 9.70. The van der Waals surface area contributed by atoms with Gasteiger partial charge in [0.15, 0.2) is 11.5 Å². The normalized spacial score (nSPS) is 24.8. The van der Waals surface area contributed by atoms with Crippen molar-refractivity contribution in [1.82, 2.24) is 29.9 Å². The summed E-state index contributed by atoms with van der Waals surface area (Å²) in [4.78, 5) is 38.6. The van der Waals surface area contributed by atoms with E-state index in [9.17, 15) is 4.79 Å². The van der Waals surface area contributed by atoms with Crippen molar-refractivity contribution >= 4 is 34.0 Å². The van der Waals surface area contributed by atoms with Crippen LogP contribution < -0.4 is 10.2 Å². The van der Waals surface area contributed by atoms with Gasteiger partial charge in [0.2, 0.25) is 5.96 Å². The number of carbonyl (C=O) groups is 1. The average molecular weight is 610 g/mol. The largest absolute Gasteiger partial charge is 0.495 e. The van der Waals surface area contributed by atoms with Crippen LogP contribution >= 0.6 is 11.3 Å². The molecule has 234 valence electrons. The quantitative estimate of drug-likeness (QED) is 0.402. The van der Waals surface area contributed by atoms with Gasteiger partial charge in [-0.1, -0.05) is 12.7 Å². The summed E-state index contributed by atoms with van der Waals surface area (Å²) in [5.41, 5.74) is 1.77. The third-order valence-corrected chi connectivity index (χ3v) is 9.96. The maximum Gasteiger partial charge on any atom is 0.280 e. The molecule has 1 unspecified atom stereocenters. The number of amidine groups is 1. The van der Waals surface area contributed by atoms with Gasteiger partial charge in [-0.05, 0) is 53.2 Å². The number of ether oxygens (including phenoxy) is 1. The standard InChI is InChI=1S/C31H47N9O2S/c1-20(2)40-21(3)28(37(7)30-27(29(40)41)33-22(4)43-30)35-31(32-5)34-25-10-9-24(19-26(25)42-8)38-13-11-23(12-14-38)39-17-15-36(6)16-18-39/h10,19-20,23-24H,3,9,11-18H2,1-2,4-8H3,(H,32,34)/b35-28+. The summed E-state index contributed by atoms with van der Waals surface area (Å²) >= 11 is 1.47. The molecule has 1 aromatic heterocycles. The highest BCUT2D eigenvalue weighted by molar-refractivity contribution is 7.16. The Hall–Kier alpha value is -3.06. The molecule has 0 aromatic carbocycles. The predicted molar refractivity (Wildman–Crippen MR) is 175 cm³/mol. The van der Waals surface area contributed by atoms with Crippen LogP contribution in [0.3, 0.4) is 0 Å². The van der Waals surface area contributed by atoms with E-state index in [1.54, 1.807) is 19.1 Å². The second kappa shape index (κ2) is 13.3. The third-order valence-electron chi connectivity index (χ3n) is 8.91. The van der Waals surface area contributed by atoms with E-state index < -0.39 is 0 Å². The van der Waals surface area contributed by atoms with Gasteiger partial charge in [-0.3, -0.25) is 19.6 Å². The number of rotatable bonds is 5. The van der Waals surface area contributed by atoms with Crippen molar-refractivity contribution in [3.05, 3.63) is 46.6 Å². The van der Waals surface area contributed by atoms with Gasteiger partial charge < -0.3 is 24.8 Å². The molecule has 12 heteroatoms. The number of amides is 1. The van der Waals surface area contributed by atoms with Crippen LogP contribution in [0.25, 0.3) is 0 Å². The van der Waals surface area contributed by atoms with E-state index in [2.05, 4.69) is 55.8 Å². The summed E-state index contributed by atoms with van der Waals surface area (Å²) < 4.78 is 5.86. The lowest BCUT2D eigenvalue weighted by Gasteiger charge is -2.43. The maximum atomic E-state index is 13.5. The van der Waals surface area contributed by atoms with Gasteiger partial charge in [0.05, 0.1) is 23.5 Å². The number of likely N-dealkylation sites (tertiary alicyclic amines) is 1. The van der Waals surface area contributed by atoms with Crippen molar-refractivity contribution in [1.29, 1.82) is 0 Å². The number of nitrogens with one attached hydrogen (secondary N) is 1. The van der Waals surface area contributed by atoms with Gasteiger partial charge in [0, 0.05) is 71.5 Å². The SMILES string of the molecule is C=C1/C(=N\C(=NC)NC2=CCC(N3CCC(N4CCN(C)CC4)CC3)C=C2OC)N(C)c2sc(C)nc2C(=O)N1C(C)C. The Balaban J connectivity index is 1.29. The smallest absolute Gasteiger partial charge is 0.280 e. The van der Waals surface area contributed by atoms with Crippen LogP contribution in [-0.4, -0.2) is 128 Å². The number of anilines is 1. The van der Waals surface area contributed by atoms with Gasteiger partial charge in [-0.2, -0.15) is 4.99 Å². The fraction of sp³-hybridized carbons (Fsp3) is 0.613. The second-order valence-corrected chi connectivity index (χ2v) is 13.2. The van der Waals surface area contributed by atoms with E-state index in [1.807, 2.05) is 32.7 Å². The summed E-state index contributed by atoms with van der Waals surface area (Å²) in [6.07, 6.45) is 7.71. The van der Waals surface area contributed by atoms with Crippen LogP contribution in [-0.2, 0) is 4.74 Å². The summed E-state index contributed by atoms with van der Waals surface area (Å²) in [5, 5.41) is 4.96. The van der Waals surface area contributed by atoms with Crippen molar-refractivity contribution in [2.24, 2.45) is 9.98 Å². The molecule has 43 heavy (non-hydrogen) atoms. The Labute approximate surface area is 260 Å². The minimum Gasteiger partial charge on any atom is -0.495 e. The number of likely N-dealkylation sites (N-methyl/N-ethyl adjacent to an activating group) is 2. The molecule has 0 bridgehead atoms. The van der Waals surface area contributed by atoms with Crippen LogP contribution in [0.5, 0.6) is 0 Å². The zero-order valence-corrected chi connectivity index (χ0v) is 27.6. The molecule has 1 amide bonds. The third kappa shape index (κ3) is 6.57. The molecule has 1 atom stereocenters. The molecule has 2 saturated heterocycles. The van der Waals surface area contributed by atoms with Gasteiger partial charge in [-0.25, -0.2) is 4.98 Å². The molecule has 2 fully saturated rings. The van der Waals surface area contributed by atoms with Crippen molar-refractivity contribution in [3.8, 4) is 0 Å². The number of thiazole rings is 1. The van der Waals surface area contributed by atoms with Crippen molar-refractivity contribution in [2.45, 2.75) is 58.2 Å².